The van der Waals surface area contributed by atoms with Crippen LogP contribution < -0.4 is 21.3 Å². The molecule has 0 saturated heterocycles. The van der Waals surface area contributed by atoms with E-state index >= 15 is 0 Å². The van der Waals surface area contributed by atoms with Crippen molar-refractivity contribution < 1.29 is 29.0 Å². The van der Waals surface area contributed by atoms with Gasteiger partial charge in [0.25, 0.3) is 0 Å². The molecule has 54 heavy (non-hydrogen) atoms. The number of aromatic amines is 1. The van der Waals surface area contributed by atoms with Crippen molar-refractivity contribution >= 4 is 34.6 Å². The molecule has 0 fully saturated rings. The number of carbonyl (C=O) groups excluding carboxylic acids is 4. The molecule has 0 aliphatic rings. The van der Waals surface area contributed by atoms with Crippen LogP contribution in [0.15, 0.2) is 110 Å². The van der Waals surface area contributed by atoms with E-state index in [0.717, 1.165) is 27.5 Å². The van der Waals surface area contributed by atoms with Crippen LogP contribution in [-0.4, -0.2) is 68.1 Å². The predicted molar refractivity (Wildman–Crippen MR) is 204 cm³/mol. The maximum atomic E-state index is 14.2. The second-order valence-electron chi connectivity index (χ2n) is 13.6. The number of fused-ring (bicyclic) bond motifs is 1. The molecule has 6 N–H and O–H groups in total. The summed E-state index contributed by atoms with van der Waals surface area (Å²) in [7, 11) is 0. The molecule has 0 aliphatic carbocycles. The second kappa shape index (κ2) is 19.7. The van der Waals surface area contributed by atoms with E-state index in [-0.39, 0.29) is 44.2 Å². The van der Waals surface area contributed by atoms with Crippen LogP contribution in [0.25, 0.3) is 10.8 Å². The Labute approximate surface area is 314 Å². The first-order valence-corrected chi connectivity index (χ1v) is 18.0. The Hall–Kier alpha value is -6.08. The van der Waals surface area contributed by atoms with Gasteiger partial charge in [-0.15, -0.1) is 0 Å². The molecule has 282 valence electrons. The van der Waals surface area contributed by atoms with Crippen molar-refractivity contribution in [3.63, 3.8) is 0 Å². The number of hydrogen-bond acceptors (Lipinski definition) is 8. The monoisotopic (exact) mass is 733 g/mol. The molecule has 13 heteroatoms. The number of amides is 4. The van der Waals surface area contributed by atoms with Gasteiger partial charge in [0.1, 0.15) is 18.7 Å². The van der Waals surface area contributed by atoms with E-state index in [1.54, 1.807) is 30.7 Å². The van der Waals surface area contributed by atoms with E-state index in [9.17, 15) is 24.3 Å². The van der Waals surface area contributed by atoms with Crippen LogP contribution in [0, 0.1) is 5.92 Å². The molecule has 13 nitrogen and oxygen atoms in total. The van der Waals surface area contributed by atoms with Gasteiger partial charge in [0.2, 0.25) is 17.7 Å². The molecule has 3 aromatic carbocycles. The largest absolute Gasteiger partial charge is 0.445 e. The van der Waals surface area contributed by atoms with Gasteiger partial charge >= 0.3 is 6.09 Å². The van der Waals surface area contributed by atoms with Gasteiger partial charge < -0.3 is 36.1 Å². The number of ether oxygens (including phenoxy) is 1. The molecular weight excluding hydrogens is 686 g/mol. The second-order valence-corrected chi connectivity index (χ2v) is 13.6. The lowest BCUT2D eigenvalue weighted by Gasteiger charge is -2.29. The molecule has 5 aromatic rings. The third-order valence-electron chi connectivity index (χ3n) is 8.88. The lowest BCUT2D eigenvalue weighted by Crippen LogP contribution is -2.57. The van der Waals surface area contributed by atoms with E-state index in [2.05, 4.69) is 36.2 Å². The number of imidazole rings is 1. The molecule has 5 rings (SSSR count). The first-order valence-electron chi connectivity index (χ1n) is 18.0. The molecule has 0 bridgehead atoms. The van der Waals surface area contributed by atoms with Gasteiger partial charge in [0.15, 0.2) is 0 Å². The summed E-state index contributed by atoms with van der Waals surface area (Å²) in [6, 6.07) is 23.1. The Balaban J connectivity index is 1.32. The molecular formula is C41H47N7O6. The van der Waals surface area contributed by atoms with Crippen molar-refractivity contribution in [3.05, 3.63) is 132 Å². The minimum absolute atomic E-state index is 0.000788. The van der Waals surface area contributed by atoms with Crippen LogP contribution >= 0.6 is 0 Å². The van der Waals surface area contributed by atoms with Gasteiger partial charge in [0.05, 0.1) is 30.6 Å². The zero-order valence-corrected chi connectivity index (χ0v) is 30.4. The van der Waals surface area contributed by atoms with Crippen molar-refractivity contribution in [1.82, 2.24) is 36.2 Å². The molecule has 2 heterocycles. The highest BCUT2D eigenvalue weighted by atomic mass is 16.5. The number of H-pyrrole nitrogens is 1. The number of pyridine rings is 1. The van der Waals surface area contributed by atoms with Crippen molar-refractivity contribution in [3.8, 4) is 0 Å². The Morgan fingerprint density at radius 1 is 0.796 bits per heavy atom. The van der Waals surface area contributed by atoms with Gasteiger partial charge in [-0.1, -0.05) is 86.6 Å². The topological polar surface area (TPSA) is 187 Å². The highest BCUT2D eigenvalue weighted by Crippen LogP contribution is 2.20. The molecule has 0 aliphatic heterocycles. The number of aliphatic hydroxyl groups is 1. The van der Waals surface area contributed by atoms with Gasteiger partial charge in [-0.25, -0.2) is 9.78 Å². The third kappa shape index (κ3) is 12.0. The van der Waals surface area contributed by atoms with Crippen molar-refractivity contribution in [2.24, 2.45) is 5.92 Å². The number of hydrogen-bond donors (Lipinski definition) is 6. The number of alkyl carbamates (subject to hydrolysis) is 1. The smallest absolute Gasteiger partial charge is 0.408 e. The molecule has 4 amide bonds. The maximum Gasteiger partial charge on any atom is 0.408 e. The summed E-state index contributed by atoms with van der Waals surface area (Å²) in [4.78, 5) is 65.2. The van der Waals surface area contributed by atoms with Gasteiger partial charge in [-0.05, 0) is 51.9 Å². The van der Waals surface area contributed by atoms with Crippen LogP contribution in [0.1, 0.15) is 49.1 Å². The number of aliphatic hydroxyl groups excluding tert-OH is 1. The Morgan fingerprint density at radius 3 is 2.24 bits per heavy atom. The van der Waals surface area contributed by atoms with E-state index in [1.165, 1.54) is 6.33 Å². The summed E-state index contributed by atoms with van der Waals surface area (Å²) in [6.45, 7) is 4.15. The number of carbonyl (C=O) groups is 4. The number of aromatic nitrogens is 3. The number of rotatable bonds is 18. The van der Waals surface area contributed by atoms with E-state index in [0.29, 0.717) is 12.1 Å². The number of nitrogens with one attached hydrogen (secondary N) is 5. The number of benzene rings is 3. The summed E-state index contributed by atoms with van der Waals surface area (Å²) in [5.74, 6) is -1.53. The van der Waals surface area contributed by atoms with E-state index < -0.39 is 42.1 Å². The fourth-order valence-electron chi connectivity index (χ4n) is 6.11. The zero-order valence-electron chi connectivity index (χ0n) is 30.4. The molecule has 2 aromatic heterocycles. The molecule has 0 radical (unpaired) electrons. The van der Waals surface area contributed by atoms with E-state index in [1.807, 2.05) is 86.6 Å². The van der Waals surface area contributed by atoms with Crippen LogP contribution in [0.5, 0.6) is 0 Å². The normalized spacial score (nSPS) is 13.3. The van der Waals surface area contributed by atoms with Gasteiger partial charge in [-0.2, -0.15) is 0 Å². The summed E-state index contributed by atoms with van der Waals surface area (Å²) < 4.78 is 5.47. The molecule has 0 spiro atoms. The van der Waals surface area contributed by atoms with Crippen molar-refractivity contribution in [2.45, 2.75) is 76.9 Å². The summed E-state index contributed by atoms with van der Waals surface area (Å²) in [5, 5.41) is 24.3. The molecule has 4 atom stereocenters. The zero-order chi connectivity index (χ0) is 38.3. The highest BCUT2D eigenvalue weighted by molar-refractivity contribution is 5.93. The fourth-order valence-corrected chi connectivity index (χ4v) is 6.11. The third-order valence-corrected chi connectivity index (χ3v) is 8.88. The lowest BCUT2D eigenvalue weighted by atomic mass is 9.96. The standard InChI is InChI=1S/C41H47N7O6/c1-27(2)19-34(37(49)22-38(50)44-23-28-15-17-42-18-16-28)46-40(52)36(21-32-24-43-26-45-32)47-39(51)35(48-41(53)54-25-29-9-4-3-5-10-29)20-31-13-8-12-30-11-6-7-14-33(30)31/h3-18,24,26-27,34-37,49H,19-23,25H2,1-2H3,(H,43,45)(H,44,50)(H,46,52)(H,47,51)(H,48,53)/t34-,35+,36+,37-/m0/s1. The average molecular weight is 734 g/mol. The van der Waals surface area contributed by atoms with Crippen LogP contribution in [0.3, 0.4) is 0 Å². The Kier molecular flexibility index (Phi) is 14.3. The Morgan fingerprint density at radius 2 is 1.50 bits per heavy atom. The SMILES string of the molecule is CC(C)C[C@H](NC(=O)[C@@H](Cc1c[nH]cn1)NC(=O)[C@@H](Cc1cccc2ccccc12)NC(=O)OCc1ccccc1)[C@@H](O)CC(=O)NCc1ccncc1. The van der Waals surface area contributed by atoms with Crippen LogP contribution in [-0.2, 0) is 45.1 Å². The van der Waals surface area contributed by atoms with E-state index in [4.69, 9.17) is 4.74 Å². The molecule has 0 unspecified atom stereocenters. The van der Waals surface area contributed by atoms with Crippen LogP contribution in [0.4, 0.5) is 4.79 Å². The quantitative estimate of drug-likeness (QED) is 0.0776. The highest BCUT2D eigenvalue weighted by Gasteiger charge is 2.32. The summed E-state index contributed by atoms with van der Waals surface area (Å²) in [6.07, 6.45) is 4.57. The summed E-state index contributed by atoms with van der Waals surface area (Å²) >= 11 is 0. The van der Waals surface area contributed by atoms with Gasteiger partial charge in [-0.3, -0.25) is 19.4 Å². The van der Waals surface area contributed by atoms with Crippen molar-refractivity contribution in [2.75, 3.05) is 0 Å². The minimum Gasteiger partial charge on any atom is -0.445 e. The summed E-state index contributed by atoms with van der Waals surface area (Å²) in [5.41, 5.74) is 2.96. The predicted octanol–water partition coefficient (Wildman–Crippen LogP) is 4.12. The van der Waals surface area contributed by atoms with Crippen LogP contribution in [0.2, 0.25) is 0 Å². The van der Waals surface area contributed by atoms with Gasteiger partial charge in [0, 0.05) is 38.0 Å². The Bertz CT molecular complexity index is 1950. The lowest BCUT2D eigenvalue weighted by molar-refractivity contribution is -0.131. The van der Waals surface area contributed by atoms with Crippen molar-refractivity contribution in [1.29, 1.82) is 0 Å². The number of nitrogens with zero attached hydrogens (tertiary/aromatic N) is 2. The fraction of sp³-hybridized carbons (Fsp3) is 0.317. The maximum absolute atomic E-state index is 14.2. The average Bonchev–Trinajstić information content (AvgIpc) is 3.69. The molecule has 0 saturated carbocycles. The minimum atomic E-state index is -1.21. The first-order chi connectivity index (χ1) is 26.1. The first kappa shape index (κ1) is 39.1.